The molecule has 3 aromatic carbocycles. The number of aliphatic hydroxyl groups excluding tert-OH is 1. The molecule has 0 spiro atoms. The first-order chi connectivity index (χ1) is 15.0. The number of halogens is 1. The lowest BCUT2D eigenvalue weighted by atomic mass is 10.1. The fourth-order valence-corrected chi connectivity index (χ4v) is 2.53. The Hall–Kier alpha value is -2.72. The van der Waals surface area contributed by atoms with E-state index in [9.17, 15) is 0 Å². The highest BCUT2D eigenvalue weighted by atomic mass is 35.5. The lowest BCUT2D eigenvalue weighted by molar-refractivity contribution is 0.323. The van der Waals surface area contributed by atoms with E-state index in [1.54, 1.807) is 24.3 Å². The van der Waals surface area contributed by atoms with Crippen LogP contribution in [0.25, 0.3) is 18.2 Å². The molecule has 2 N–H and O–H groups in total. The van der Waals surface area contributed by atoms with Crippen molar-refractivity contribution in [3.8, 4) is 5.75 Å². The summed E-state index contributed by atoms with van der Waals surface area (Å²) in [5.74, 6) is 0.862. The van der Waals surface area contributed by atoms with E-state index in [4.69, 9.17) is 21.8 Å². The lowest BCUT2D eigenvalue weighted by Crippen LogP contribution is -1.76. The summed E-state index contributed by atoms with van der Waals surface area (Å²) in [6.07, 6.45) is 9.02. The molecule has 1 aliphatic rings. The molecule has 162 valence electrons. The van der Waals surface area contributed by atoms with Gasteiger partial charge in [-0.1, -0.05) is 97.6 Å². The van der Waals surface area contributed by atoms with Crippen molar-refractivity contribution in [2.75, 3.05) is 12.4 Å². The summed E-state index contributed by atoms with van der Waals surface area (Å²) in [5, 5.41) is 17.4. The topological polar surface area (TPSA) is 40.5 Å². The number of aromatic hydroxyl groups is 1. The zero-order chi connectivity index (χ0) is 22.9. The van der Waals surface area contributed by atoms with Crippen LogP contribution >= 0.6 is 24.2 Å². The monoisotopic (exact) mass is 452 g/mol. The summed E-state index contributed by atoms with van der Waals surface area (Å²) in [6, 6.07) is 22.9. The van der Waals surface area contributed by atoms with E-state index in [-0.39, 0.29) is 6.61 Å². The van der Waals surface area contributed by atoms with Crippen LogP contribution in [-0.2, 0) is 6.42 Å². The average molecular weight is 453 g/mol. The minimum absolute atomic E-state index is 0.184. The molecule has 0 radical (unpaired) electrons. The number of rotatable bonds is 3. The Kier molecular flexibility index (Phi) is 13.6. The minimum Gasteiger partial charge on any atom is -0.508 e. The van der Waals surface area contributed by atoms with Gasteiger partial charge in [0.1, 0.15) is 5.75 Å². The van der Waals surface area contributed by atoms with Gasteiger partial charge in [0, 0.05) is 10.8 Å². The normalized spacial score (nSPS) is 10.2. The van der Waals surface area contributed by atoms with Crippen molar-refractivity contribution in [3.05, 3.63) is 119 Å². The second kappa shape index (κ2) is 16.0. The molecule has 0 atom stereocenters. The van der Waals surface area contributed by atoms with Crippen LogP contribution in [0.15, 0.2) is 92.0 Å². The Morgan fingerprint density at radius 3 is 1.87 bits per heavy atom. The first kappa shape index (κ1) is 26.3. The first-order valence-electron chi connectivity index (χ1n) is 9.79. The molecule has 0 amide bonds. The number of hydrogen-bond acceptors (Lipinski definition) is 3. The van der Waals surface area contributed by atoms with Crippen LogP contribution in [0.4, 0.5) is 0 Å². The zero-order valence-electron chi connectivity index (χ0n) is 17.5. The van der Waals surface area contributed by atoms with Gasteiger partial charge in [0.15, 0.2) is 0 Å². The number of fused-ring (bicyclic) bond motifs is 1. The van der Waals surface area contributed by atoms with E-state index in [1.165, 1.54) is 11.1 Å². The van der Waals surface area contributed by atoms with E-state index in [0.717, 1.165) is 22.6 Å². The summed E-state index contributed by atoms with van der Waals surface area (Å²) in [6.45, 7) is 7.38. The van der Waals surface area contributed by atoms with E-state index in [0.29, 0.717) is 11.5 Å². The van der Waals surface area contributed by atoms with Crippen LogP contribution in [-0.4, -0.2) is 22.6 Å². The molecule has 0 bridgehead atoms. The van der Waals surface area contributed by atoms with Gasteiger partial charge in [0.05, 0.1) is 6.61 Å². The predicted molar refractivity (Wildman–Crippen MR) is 140 cm³/mol. The Bertz CT molecular complexity index is 881. The Morgan fingerprint density at radius 2 is 1.39 bits per heavy atom. The van der Waals surface area contributed by atoms with Crippen molar-refractivity contribution < 1.29 is 10.2 Å². The highest BCUT2D eigenvalue weighted by molar-refractivity contribution is 7.80. The second-order valence-electron chi connectivity index (χ2n) is 6.30. The van der Waals surface area contributed by atoms with E-state index < -0.39 is 0 Å². The molecule has 1 aliphatic carbocycles. The quantitative estimate of drug-likeness (QED) is 0.368. The smallest absolute Gasteiger partial charge is 0.115 e. The SMILES string of the molecule is C1=Cc2ccccc2C1.C=Cc1ccc(Cl)cc1.C=Cc1ccc(O)cc1.OCCS. The molecule has 4 heteroatoms. The molecular formula is C27H29ClO2S. The summed E-state index contributed by atoms with van der Waals surface area (Å²) in [7, 11) is 0. The van der Waals surface area contributed by atoms with Gasteiger partial charge in [-0.25, -0.2) is 0 Å². The van der Waals surface area contributed by atoms with Gasteiger partial charge < -0.3 is 10.2 Å². The largest absolute Gasteiger partial charge is 0.508 e. The highest BCUT2D eigenvalue weighted by Gasteiger charge is 2.00. The van der Waals surface area contributed by atoms with Crippen LogP contribution in [0.2, 0.25) is 5.02 Å². The summed E-state index contributed by atoms with van der Waals surface area (Å²) < 4.78 is 0. The fourth-order valence-electron chi connectivity index (χ4n) is 2.40. The first-order valence-corrected chi connectivity index (χ1v) is 10.8. The number of allylic oxidation sites excluding steroid dienone is 1. The third kappa shape index (κ3) is 11.3. The van der Waals surface area contributed by atoms with Gasteiger partial charge >= 0.3 is 0 Å². The average Bonchev–Trinajstić information content (AvgIpc) is 3.30. The third-order valence-corrected chi connectivity index (χ3v) is 4.48. The zero-order valence-corrected chi connectivity index (χ0v) is 19.1. The van der Waals surface area contributed by atoms with Gasteiger partial charge in [-0.2, -0.15) is 12.6 Å². The number of aliphatic hydroxyl groups is 1. The molecule has 0 aliphatic heterocycles. The maximum absolute atomic E-state index is 8.82. The van der Waals surface area contributed by atoms with Crippen molar-refractivity contribution in [1.29, 1.82) is 0 Å². The highest BCUT2D eigenvalue weighted by Crippen LogP contribution is 2.17. The minimum atomic E-state index is 0.184. The molecule has 0 saturated carbocycles. The standard InChI is InChI=1S/C9H8.C8H7Cl.C8H8O.C2H6OS/c1-2-5-9-7-3-6-8(9)4-1;2*1-2-7-3-5-8(9)6-4-7;3-1-2-4/h1-6H,7H2;2-6H,1H2;2-6,9H,1H2;3-4H,1-2H2. The van der Waals surface area contributed by atoms with Gasteiger partial charge in [0.25, 0.3) is 0 Å². The van der Waals surface area contributed by atoms with Crippen LogP contribution in [0.5, 0.6) is 5.75 Å². The summed E-state index contributed by atoms with van der Waals surface area (Å²) >= 11 is 9.30. The molecule has 2 nitrogen and oxygen atoms in total. The Morgan fingerprint density at radius 1 is 0.871 bits per heavy atom. The predicted octanol–water partition coefficient (Wildman–Crippen LogP) is 7.18. The van der Waals surface area contributed by atoms with Crippen LogP contribution in [0.3, 0.4) is 0 Å². The van der Waals surface area contributed by atoms with Crippen molar-refractivity contribution in [2.24, 2.45) is 0 Å². The molecular weight excluding hydrogens is 424 g/mol. The van der Waals surface area contributed by atoms with Crippen LogP contribution in [0.1, 0.15) is 22.3 Å². The Balaban J connectivity index is 0.000000214. The van der Waals surface area contributed by atoms with Gasteiger partial charge in [0.2, 0.25) is 0 Å². The Labute approximate surface area is 196 Å². The molecule has 0 unspecified atom stereocenters. The number of thiol groups is 1. The number of phenols is 1. The number of phenolic OH excluding ortho intramolecular Hbond substituents is 1. The maximum atomic E-state index is 8.82. The van der Waals surface area contributed by atoms with E-state index in [1.807, 2.05) is 36.4 Å². The lowest BCUT2D eigenvalue weighted by Gasteiger charge is -1.93. The van der Waals surface area contributed by atoms with E-state index in [2.05, 4.69) is 62.2 Å². The second-order valence-corrected chi connectivity index (χ2v) is 7.19. The fraction of sp³-hybridized carbons (Fsp3) is 0.111. The molecule has 0 fully saturated rings. The number of hydrogen-bond donors (Lipinski definition) is 3. The third-order valence-electron chi connectivity index (χ3n) is 4.02. The van der Waals surface area contributed by atoms with Gasteiger partial charge in [-0.3, -0.25) is 0 Å². The van der Waals surface area contributed by atoms with E-state index >= 15 is 0 Å². The molecule has 0 saturated heterocycles. The molecule has 0 aromatic heterocycles. The van der Waals surface area contributed by atoms with Gasteiger partial charge in [-0.05, 0) is 52.9 Å². The molecule has 3 aromatic rings. The molecule has 4 rings (SSSR count). The molecule has 31 heavy (non-hydrogen) atoms. The van der Waals surface area contributed by atoms with Crippen molar-refractivity contribution in [3.63, 3.8) is 0 Å². The molecule has 0 heterocycles. The van der Waals surface area contributed by atoms with Crippen molar-refractivity contribution >= 4 is 42.5 Å². The van der Waals surface area contributed by atoms with Gasteiger partial charge in [-0.15, -0.1) is 0 Å². The summed E-state index contributed by atoms with van der Waals surface area (Å²) in [5.41, 5.74) is 4.96. The van der Waals surface area contributed by atoms with Crippen molar-refractivity contribution in [2.45, 2.75) is 6.42 Å². The van der Waals surface area contributed by atoms with Crippen molar-refractivity contribution in [1.82, 2.24) is 0 Å². The number of benzene rings is 3. The van der Waals surface area contributed by atoms with Crippen LogP contribution in [0, 0.1) is 0 Å². The summed E-state index contributed by atoms with van der Waals surface area (Å²) in [4.78, 5) is 0. The van der Waals surface area contributed by atoms with Crippen LogP contribution < -0.4 is 0 Å². The maximum Gasteiger partial charge on any atom is 0.115 e.